The first kappa shape index (κ1) is 23.3. The van der Waals surface area contributed by atoms with Gasteiger partial charge in [0.1, 0.15) is 0 Å². The van der Waals surface area contributed by atoms with Crippen molar-refractivity contribution in [1.29, 1.82) is 0 Å². The Balaban J connectivity index is 1.59. The van der Waals surface area contributed by atoms with Crippen molar-refractivity contribution in [2.24, 2.45) is 5.41 Å². The zero-order valence-corrected chi connectivity index (χ0v) is 20.8. The van der Waals surface area contributed by atoms with Gasteiger partial charge in [0.25, 0.3) is 0 Å². The number of allylic oxidation sites excluding steroid dienone is 1. The fourth-order valence-electron chi connectivity index (χ4n) is 6.58. The number of fused-ring (bicyclic) bond motifs is 5. The van der Waals surface area contributed by atoms with Gasteiger partial charge in [-0.05, 0) is 22.8 Å². The lowest BCUT2D eigenvalue weighted by atomic mass is 9.61. The predicted octanol–water partition coefficient (Wildman–Crippen LogP) is 5.75. The van der Waals surface area contributed by atoms with Crippen LogP contribution in [-0.4, -0.2) is 27.4 Å². The molecule has 2 heterocycles. The number of aliphatic hydroxyl groups is 1. The maximum absolute atomic E-state index is 14.6. The Morgan fingerprint density at radius 3 is 1.97 bits per heavy atom. The van der Waals surface area contributed by atoms with Crippen molar-refractivity contribution in [3.63, 3.8) is 0 Å². The van der Waals surface area contributed by atoms with Crippen molar-refractivity contribution in [2.75, 3.05) is 0 Å². The van der Waals surface area contributed by atoms with Gasteiger partial charge < -0.3 is 10.0 Å². The SMILES string of the molecule is O=C(/C=C1\N2C=Cc3ccccc3[C@H]2C2(C(=O)c3ccccc3C2=O)[C@]1(O)c1ccccc1)c1ccccc1. The van der Waals surface area contributed by atoms with E-state index < -0.39 is 28.6 Å². The number of hydrogen-bond acceptors (Lipinski definition) is 5. The van der Waals surface area contributed by atoms with Gasteiger partial charge in [-0.15, -0.1) is 0 Å². The second kappa shape index (κ2) is 8.32. The average molecular weight is 510 g/mol. The maximum atomic E-state index is 14.6. The molecule has 188 valence electrons. The topological polar surface area (TPSA) is 74.7 Å². The summed E-state index contributed by atoms with van der Waals surface area (Å²) in [5.74, 6) is -1.24. The van der Waals surface area contributed by atoms with E-state index >= 15 is 0 Å². The molecule has 1 aliphatic carbocycles. The van der Waals surface area contributed by atoms with Crippen LogP contribution in [0.15, 0.2) is 127 Å². The third-order valence-corrected chi connectivity index (χ3v) is 8.26. The molecule has 7 rings (SSSR count). The lowest BCUT2D eigenvalue weighted by Crippen LogP contribution is -2.53. The van der Waals surface area contributed by atoms with Gasteiger partial charge in [-0.2, -0.15) is 0 Å². The number of carbonyl (C=O) groups is 3. The Bertz CT molecular complexity index is 1700. The number of nitrogens with zero attached hydrogens (tertiary/aromatic N) is 1. The molecule has 0 radical (unpaired) electrons. The number of carbonyl (C=O) groups excluding carboxylic acids is 3. The molecule has 1 spiro atoms. The standard InChI is InChI=1S/C34H23NO4/c36-28(23-12-3-1-4-13-23)21-29-34(39,24-14-5-2-6-15-24)33(31(37)26-17-9-10-18-27(26)32(33)38)30-25-16-8-7-11-22(25)19-20-35(29)30/h1-21,30,39H/b29-21-/t30-,34-/m0/s1. The third-order valence-electron chi connectivity index (χ3n) is 8.26. The van der Waals surface area contributed by atoms with E-state index in [4.69, 9.17) is 0 Å². The van der Waals surface area contributed by atoms with Crippen LogP contribution in [0.25, 0.3) is 6.08 Å². The van der Waals surface area contributed by atoms with Gasteiger partial charge in [-0.25, -0.2) is 0 Å². The molecule has 2 atom stereocenters. The van der Waals surface area contributed by atoms with Crippen molar-refractivity contribution in [3.05, 3.63) is 161 Å². The molecule has 1 N–H and O–H groups in total. The molecule has 5 heteroatoms. The molecular formula is C34H23NO4. The zero-order valence-electron chi connectivity index (χ0n) is 20.8. The third kappa shape index (κ3) is 2.90. The molecule has 0 unspecified atom stereocenters. The van der Waals surface area contributed by atoms with E-state index in [-0.39, 0.29) is 22.6 Å². The van der Waals surface area contributed by atoms with E-state index in [1.165, 1.54) is 6.08 Å². The minimum Gasteiger partial charge on any atom is -0.377 e. The number of hydrogen-bond donors (Lipinski definition) is 1. The van der Waals surface area contributed by atoms with Crippen molar-refractivity contribution in [2.45, 2.75) is 11.6 Å². The highest BCUT2D eigenvalue weighted by atomic mass is 16.3. The largest absolute Gasteiger partial charge is 0.377 e. The van der Waals surface area contributed by atoms with Crippen LogP contribution in [-0.2, 0) is 5.60 Å². The van der Waals surface area contributed by atoms with E-state index in [1.807, 2.05) is 42.5 Å². The molecule has 4 aromatic rings. The normalized spacial score (nSPS) is 23.2. The number of benzene rings is 4. The molecular weight excluding hydrogens is 486 g/mol. The van der Waals surface area contributed by atoms with Crippen LogP contribution in [0.5, 0.6) is 0 Å². The molecule has 3 aliphatic rings. The van der Waals surface area contributed by atoms with Crippen LogP contribution in [0, 0.1) is 5.41 Å². The molecule has 0 aromatic heterocycles. The highest BCUT2D eigenvalue weighted by Crippen LogP contribution is 2.67. The Morgan fingerprint density at radius 2 is 1.31 bits per heavy atom. The second-order valence-corrected chi connectivity index (χ2v) is 10.1. The van der Waals surface area contributed by atoms with Gasteiger partial charge in [0, 0.05) is 29.0 Å². The van der Waals surface area contributed by atoms with Crippen molar-refractivity contribution >= 4 is 23.4 Å². The first-order valence-corrected chi connectivity index (χ1v) is 12.8. The lowest BCUT2D eigenvalue weighted by Gasteiger charge is -2.40. The Kier molecular flexibility index (Phi) is 4.96. The van der Waals surface area contributed by atoms with Crippen LogP contribution in [0.3, 0.4) is 0 Å². The molecule has 1 fully saturated rings. The number of rotatable bonds is 3. The summed E-state index contributed by atoms with van der Waals surface area (Å²) < 4.78 is 0. The van der Waals surface area contributed by atoms with Crippen LogP contribution in [0.2, 0.25) is 0 Å². The molecule has 0 amide bonds. The number of ketones is 3. The minimum absolute atomic E-state index is 0.188. The van der Waals surface area contributed by atoms with Gasteiger partial charge in [0.2, 0.25) is 0 Å². The van der Waals surface area contributed by atoms with E-state index in [0.29, 0.717) is 11.1 Å². The van der Waals surface area contributed by atoms with Crippen molar-refractivity contribution in [3.8, 4) is 0 Å². The average Bonchev–Trinajstić information content (AvgIpc) is 3.36. The molecule has 4 aromatic carbocycles. The van der Waals surface area contributed by atoms with Gasteiger partial charge >= 0.3 is 0 Å². The van der Waals surface area contributed by atoms with E-state index in [1.54, 1.807) is 83.9 Å². The van der Waals surface area contributed by atoms with Gasteiger partial charge in [0.05, 0.1) is 11.7 Å². The molecule has 2 aliphatic heterocycles. The lowest BCUT2D eigenvalue weighted by molar-refractivity contribution is -0.0171. The van der Waals surface area contributed by atoms with Gasteiger partial charge in [0.15, 0.2) is 28.4 Å². The van der Waals surface area contributed by atoms with Crippen LogP contribution in [0.1, 0.15) is 53.8 Å². The quantitative estimate of drug-likeness (QED) is 0.216. The summed E-state index contributed by atoms with van der Waals surface area (Å²) in [7, 11) is 0. The summed E-state index contributed by atoms with van der Waals surface area (Å²) in [5, 5.41) is 13.1. The monoisotopic (exact) mass is 509 g/mol. The zero-order chi connectivity index (χ0) is 26.8. The highest BCUT2D eigenvalue weighted by molar-refractivity contribution is 6.31. The summed E-state index contributed by atoms with van der Waals surface area (Å²) in [4.78, 5) is 44.6. The van der Waals surface area contributed by atoms with E-state index in [0.717, 1.165) is 11.1 Å². The summed E-state index contributed by atoms with van der Waals surface area (Å²) >= 11 is 0. The van der Waals surface area contributed by atoms with Crippen molar-refractivity contribution in [1.82, 2.24) is 4.90 Å². The molecule has 0 bridgehead atoms. The first-order valence-electron chi connectivity index (χ1n) is 12.8. The smallest absolute Gasteiger partial charge is 0.187 e. The van der Waals surface area contributed by atoms with Crippen LogP contribution >= 0.6 is 0 Å². The van der Waals surface area contributed by atoms with Gasteiger partial charge in [-0.3, -0.25) is 14.4 Å². The van der Waals surface area contributed by atoms with Gasteiger partial charge in [-0.1, -0.05) is 109 Å². The summed E-state index contributed by atoms with van der Waals surface area (Å²) in [6.07, 6.45) is 5.03. The maximum Gasteiger partial charge on any atom is 0.187 e. The molecule has 5 nitrogen and oxygen atoms in total. The Hall–Kier alpha value is -4.87. The van der Waals surface area contributed by atoms with Crippen LogP contribution in [0.4, 0.5) is 0 Å². The van der Waals surface area contributed by atoms with Crippen LogP contribution < -0.4 is 0 Å². The number of Topliss-reactive ketones (excluding diaryl/α,β-unsaturated/α-hetero) is 2. The van der Waals surface area contributed by atoms with Crippen molar-refractivity contribution < 1.29 is 19.5 Å². The predicted molar refractivity (Wildman–Crippen MR) is 147 cm³/mol. The van der Waals surface area contributed by atoms with E-state index in [2.05, 4.69) is 0 Å². The first-order chi connectivity index (χ1) is 19.0. The summed E-state index contributed by atoms with van der Waals surface area (Å²) in [5.41, 5.74) is -0.967. The Morgan fingerprint density at radius 1 is 0.744 bits per heavy atom. The summed E-state index contributed by atoms with van der Waals surface area (Å²) in [6.45, 7) is 0. The molecule has 39 heavy (non-hydrogen) atoms. The fourth-order valence-corrected chi connectivity index (χ4v) is 6.58. The summed E-state index contributed by atoms with van der Waals surface area (Å²) in [6, 6.07) is 30.9. The minimum atomic E-state index is -2.14. The molecule has 0 saturated carbocycles. The fraction of sp³-hybridized carbons (Fsp3) is 0.0882. The highest BCUT2D eigenvalue weighted by Gasteiger charge is 2.77. The second-order valence-electron chi connectivity index (χ2n) is 10.1. The van der Waals surface area contributed by atoms with E-state index in [9.17, 15) is 19.5 Å². The Labute approximate surface area is 225 Å². The molecule has 1 saturated heterocycles.